The van der Waals surface area contributed by atoms with Crippen molar-refractivity contribution >= 4 is 11.6 Å². The summed E-state index contributed by atoms with van der Waals surface area (Å²) in [6, 6.07) is 0. The number of hydrogen-bond acceptors (Lipinski definition) is 3. The third-order valence-electron chi connectivity index (χ3n) is 2.62. The normalized spacial score (nSPS) is 21.6. The first kappa shape index (κ1) is 9.93. The van der Waals surface area contributed by atoms with Gasteiger partial charge >= 0.3 is 0 Å². The van der Waals surface area contributed by atoms with Gasteiger partial charge in [0.05, 0.1) is 5.88 Å². The van der Waals surface area contributed by atoms with Gasteiger partial charge in [-0.2, -0.15) is 0 Å². The van der Waals surface area contributed by atoms with Crippen LogP contribution in [-0.2, 0) is 17.2 Å². The molecule has 1 fully saturated rings. The molecule has 78 valence electrons. The van der Waals surface area contributed by atoms with E-state index >= 15 is 0 Å². The Labute approximate surface area is 88.2 Å². The van der Waals surface area contributed by atoms with Crippen LogP contribution in [0.15, 0.2) is 6.33 Å². The molecule has 1 atom stereocenters. The molecule has 1 aromatic heterocycles. The van der Waals surface area contributed by atoms with Gasteiger partial charge in [0.1, 0.15) is 12.2 Å². The van der Waals surface area contributed by atoms with Gasteiger partial charge in [0.15, 0.2) is 0 Å². The SMILES string of the molecule is ClCc1nncn1CCC1CCOC1. The summed E-state index contributed by atoms with van der Waals surface area (Å²) in [5.41, 5.74) is 0. The zero-order valence-corrected chi connectivity index (χ0v) is 8.78. The quantitative estimate of drug-likeness (QED) is 0.714. The van der Waals surface area contributed by atoms with E-state index in [4.69, 9.17) is 16.3 Å². The Morgan fingerprint density at radius 2 is 2.57 bits per heavy atom. The molecule has 0 radical (unpaired) electrons. The predicted molar refractivity (Wildman–Crippen MR) is 53.1 cm³/mol. The molecule has 14 heavy (non-hydrogen) atoms. The molecular formula is C9H14ClN3O. The number of rotatable bonds is 4. The summed E-state index contributed by atoms with van der Waals surface area (Å²) in [6.45, 7) is 2.76. The number of hydrogen-bond donors (Lipinski definition) is 0. The van der Waals surface area contributed by atoms with E-state index in [2.05, 4.69) is 10.2 Å². The molecule has 0 amide bonds. The fourth-order valence-corrected chi connectivity index (χ4v) is 1.91. The Morgan fingerprint density at radius 1 is 1.64 bits per heavy atom. The van der Waals surface area contributed by atoms with Crippen LogP contribution in [0, 0.1) is 5.92 Å². The molecule has 1 saturated heterocycles. The average molecular weight is 216 g/mol. The van der Waals surface area contributed by atoms with Crippen molar-refractivity contribution in [2.45, 2.75) is 25.3 Å². The van der Waals surface area contributed by atoms with Gasteiger partial charge in [-0.15, -0.1) is 21.8 Å². The van der Waals surface area contributed by atoms with Crippen LogP contribution in [0.2, 0.25) is 0 Å². The highest BCUT2D eigenvalue weighted by Gasteiger charge is 2.15. The third-order valence-corrected chi connectivity index (χ3v) is 2.86. The monoisotopic (exact) mass is 215 g/mol. The van der Waals surface area contributed by atoms with Crippen LogP contribution in [-0.4, -0.2) is 28.0 Å². The smallest absolute Gasteiger partial charge is 0.147 e. The van der Waals surface area contributed by atoms with E-state index in [-0.39, 0.29) is 0 Å². The minimum absolute atomic E-state index is 0.432. The largest absolute Gasteiger partial charge is 0.381 e. The second-order valence-corrected chi connectivity index (χ2v) is 3.86. The van der Waals surface area contributed by atoms with Crippen LogP contribution in [0.3, 0.4) is 0 Å². The standard InChI is InChI=1S/C9H14ClN3O/c10-5-9-12-11-7-13(9)3-1-8-2-4-14-6-8/h7-8H,1-6H2. The summed E-state index contributed by atoms with van der Waals surface area (Å²) in [5.74, 6) is 1.98. The fourth-order valence-electron chi connectivity index (χ4n) is 1.70. The number of alkyl halides is 1. The van der Waals surface area contributed by atoms with Gasteiger partial charge in [-0.1, -0.05) is 0 Å². The van der Waals surface area contributed by atoms with Crippen molar-refractivity contribution in [3.05, 3.63) is 12.2 Å². The second-order valence-electron chi connectivity index (χ2n) is 3.59. The van der Waals surface area contributed by atoms with E-state index in [9.17, 15) is 0 Å². The van der Waals surface area contributed by atoms with Crippen molar-refractivity contribution in [2.24, 2.45) is 5.92 Å². The maximum absolute atomic E-state index is 5.72. The van der Waals surface area contributed by atoms with E-state index in [0.29, 0.717) is 11.8 Å². The molecule has 5 heteroatoms. The molecule has 0 spiro atoms. The van der Waals surface area contributed by atoms with E-state index in [1.165, 1.54) is 6.42 Å². The molecule has 0 bridgehead atoms. The number of ether oxygens (including phenoxy) is 1. The first-order valence-electron chi connectivity index (χ1n) is 4.90. The summed E-state index contributed by atoms with van der Waals surface area (Å²) >= 11 is 5.72. The second kappa shape index (κ2) is 4.75. The molecule has 4 nitrogen and oxygen atoms in total. The van der Waals surface area contributed by atoms with Gasteiger partial charge < -0.3 is 9.30 Å². The zero-order valence-electron chi connectivity index (χ0n) is 8.03. The number of nitrogens with zero attached hydrogens (tertiary/aromatic N) is 3. The summed E-state index contributed by atoms with van der Waals surface area (Å²) < 4.78 is 7.34. The van der Waals surface area contributed by atoms with Crippen molar-refractivity contribution in [3.63, 3.8) is 0 Å². The summed E-state index contributed by atoms with van der Waals surface area (Å²) in [6.07, 6.45) is 4.05. The topological polar surface area (TPSA) is 39.9 Å². The van der Waals surface area contributed by atoms with Crippen molar-refractivity contribution in [1.82, 2.24) is 14.8 Å². The van der Waals surface area contributed by atoms with E-state index < -0.39 is 0 Å². The number of aromatic nitrogens is 3. The van der Waals surface area contributed by atoms with Gasteiger partial charge in [0.25, 0.3) is 0 Å². The molecule has 0 aromatic carbocycles. The summed E-state index contributed by atoms with van der Waals surface area (Å²) in [5, 5.41) is 7.77. The lowest BCUT2D eigenvalue weighted by molar-refractivity contribution is 0.183. The molecule has 1 unspecified atom stereocenters. The average Bonchev–Trinajstić information content (AvgIpc) is 2.85. The van der Waals surface area contributed by atoms with Crippen molar-refractivity contribution < 1.29 is 4.74 Å². The molecule has 0 saturated carbocycles. The van der Waals surface area contributed by atoms with Crippen molar-refractivity contribution in [3.8, 4) is 0 Å². The van der Waals surface area contributed by atoms with E-state index in [1.54, 1.807) is 6.33 Å². The van der Waals surface area contributed by atoms with Gasteiger partial charge in [0, 0.05) is 19.8 Å². The summed E-state index contributed by atoms with van der Waals surface area (Å²) in [7, 11) is 0. The van der Waals surface area contributed by atoms with Gasteiger partial charge in [0.2, 0.25) is 0 Å². The Morgan fingerprint density at radius 3 is 3.29 bits per heavy atom. The third kappa shape index (κ3) is 2.25. The first-order chi connectivity index (χ1) is 6.90. The fraction of sp³-hybridized carbons (Fsp3) is 0.778. The molecule has 2 rings (SSSR count). The van der Waals surface area contributed by atoms with E-state index in [0.717, 1.165) is 32.0 Å². The molecule has 2 heterocycles. The van der Waals surface area contributed by atoms with Crippen LogP contribution in [0.1, 0.15) is 18.7 Å². The predicted octanol–water partition coefficient (Wildman–Crippen LogP) is 1.44. The lowest BCUT2D eigenvalue weighted by atomic mass is 10.1. The Bertz CT molecular complexity index is 283. The van der Waals surface area contributed by atoms with Crippen LogP contribution >= 0.6 is 11.6 Å². The van der Waals surface area contributed by atoms with Crippen LogP contribution in [0.5, 0.6) is 0 Å². The zero-order chi connectivity index (χ0) is 9.80. The Hall–Kier alpha value is -0.610. The first-order valence-corrected chi connectivity index (χ1v) is 5.44. The van der Waals surface area contributed by atoms with Gasteiger partial charge in [-0.25, -0.2) is 0 Å². The van der Waals surface area contributed by atoms with Crippen LogP contribution in [0.4, 0.5) is 0 Å². The maximum Gasteiger partial charge on any atom is 0.147 e. The lowest BCUT2D eigenvalue weighted by Gasteiger charge is -2.08. The highest BCUT2D eigenvalue weighted by atomic mass is 35.5. The Balaban J connectivity index is 1.84. The van der Waals surface area contributed by atoms with Crippen molar-refractivity contribution in [1.29, 1.82) is 0 Å². The number of aryl methyl sites for hydroxylation is 1. The van der Waals surface area contributed by atoms with Crippen LogP contribution in [0.25, 0.3) is 0 Å². The van der Waals surface area contributed by atoms with Crippen LogP contribution < -0.4 is 0 Å². The molecule has 1 aromatic rings. The molecular weight excluding hydrogens is 202 g/mol. The number of halogens is 1. The molecule has 0 aliphatic carbocycles. The summed E-state index contributed by atoms with van der Waals surface area (Å²) in [4.78, 5) is 0. The molecule has 1 aliphatic rings. The highest BCUT2D eigenvalue weighted by Crippen LogP contribution is 2.17. The minimum atomic E-state index is 0.432. The highest BCUT2D eigenvalue weighted by molar-refractivity contribution is 6.16. The van der Waals surface area contributed by atoms with Crippen molar-refractivity contribution in [2.75, 3.05) is 13.2 Å². The van der Waals surface area contributed by atoms with E-state index in [1.807, 2.05) is 4.57 Å². The lowest BCUT2D eigenvalue weighted by Crippen LogP contribution is -2.07. The molecule has 0 N–H and O–H groups in total. The Kier molecular flexibility index (Phi) is 3.37. The maximum atomic E-state index is 5.72. The molecule has 1 aliphatic heterocycles. The van der Waals surface area contributed by atoms with Gasteiger partial charge in [-0.3, -0.25) is 0 Å². The van der Waals surface area contributed by atoms with Gasteiger partial charge in [-0.05, 0) is 18.8 Å². The minimum Gasteiger partial charge on any atom is -0.381 e.